The molecule has 0 bridgehead atoms. The molecule has 0 spiro atoms. The van der Waals surface area contributed by atoms with Crippen molar-refractivity contribution < 1.29 is 17.6 Å². The Morgan fingerprint density at radius 3 is 2.15 bits per heavy atom. The topological polar surface area (TPSA) is 56.1 Å². The Morgan fingerprint density at radius 1 is 1.00 bits per heavy atom. The third-order valence-corrected chi connectivity index (χ3v) is 5.86. The first-order valence-corrected chi connectivity index (χ1v) is 9.57. The molecule has 2 aromatic carbocycles. The van der Waals surface area contributed by atoms with Gasteiger partial charge in [-0.1, -0.05) is 44.2 Å². The summed E-state index contributed by atoms with van der Waals surface area (Å²) in [5.74, 6) is -0.607. The van der Waals surface area contributed by atoms with Crippen molar-refractivity contribution in [3.8, 4) is 11.1 Å². The molecule has 0 aliphatic heterocycles. The van der Waals surface area contributed by atoms with Gasteiger partial charge >= 0.3 is 0 Å². The molecule has 0 amide bonds. The van der Waals surface area contributed by atoms with E-state index in [1.54, 1.807) is 18.2 Å². The van der Waals surface area contributed by atoms with Crippen LogP contribution in [-0.2, 0) is 10.0 Å². The summed E-state index contributed by atoms with van der Waals surface area (Å²) in [6.45, 7) is 3.65. The molecule has 0 radical (unpaired) electrons. The van der Waals surface area contributed by atoms with Gasteiger partial charge in [0.2, 0.25) is 0 Å². The summed E-state index contributed by atoms with van der Waals surface area (Å²) in [5.41, 5.74) is 1.75. The van der Waals surface area contributed by atoms with Gasteiger partial charge in [-0.25, -0.2) is 16.8 Å². The second kappa shape index (κ2) is 6.88. The Labute approximate surface area is 152 Å². The standard InChI is InChI=1S/C20H18FNO3S/c1-14(2)20-19(13-23)18(15-8-10-16(21)11-9-15)12-22(20)26(24,25)17-6-4-3-5-7-17/h3-14H,1-2H3. The van der Waals surface area contributed by atoms with Crippen LogP contribution in [-0.4, -0.2) is 18.7 Å². The Morgan fingerprint density at radius 2 is 1.62 bits per heavy atom. The molecule has 0 fully saturated rings. The molecule has 0 saturated heterocycles. The minimum Gasteiger partial charge on any atom is -0.298 e. The molecule has 0 unspecified atom stereocenters. The number of carbonyl (C=O) groups excluding carboxylic acids is 1. The van der Waals surface area contributed by atoms with Gasteiger partial charge in [0.15, 0.2) is 6.29 Å². The molecule has 3 rings (SSSR count). The summed E-state index contributed by atoms with van der Waals surface area (Å²) >= 11 is 0. The van der Waals surface area contributed by atoms with E-state index in [2.05, 4.69) is 0 Å². The lowest BCUT2D eigenvalue weighted by molar-refractivity contribution is 0.112. The van der Waals surface area contributed by atoms with Crippen LogP contribution in [0.25, 0.3) is 11.1 Å². The first kappa shape index (κ1) is 18.1. The molecule has 0 N–H and O–H groups in total. The van der Waals surface area contributed by atoms with Crippen molar-refractivity contribution in [1.82, 2.24) is 3.97 Å². The van der Waals surface area contributed by atoms with E-state index >= 15 is 0 Å². The van der Waals surface area contributed by atoms with Crippen molar-refractivity contribution in [2.45, 2.75) is 24.7 Å². The number of hydrogen-bond acceptors (Lipinski definition) is 3. The number of hydrogen-bond donors (Lipinski definition) is 0. The first-order valence-electron chi connectivity index (χ1n) is 8.13. The molecule has 1 aromatic heterocycles. The maximum absolute atomic E-state index is 13.2. The van der Waals surface area contributed by atoms with Crippen molar-refractivity contribution in [1.29, 1.82) is 0 Å². The first-order chi connectivity index (χ1) is 12.4. The molecule has 1 heterocycles. The van der Waals surface area contributed by atoms with E-state index in [4.69, 9.17) is 0 Å². The third kappa shape index (κ3) is 3.08. The Kier molecular flexibility index (Phi) is 4.78. The summed E-state index contributed by atoms with van der Waals surface area (Å²) in [4.78, 5) is 11.9. The monoisotopic (exact) mass is 371 g/mol. The average molecular weight is 371 g/mol. The Hall–Kier alpha value is -2.73. The molecule has 0 saturated carbocycles. The summed E-state index contributed by atoms with van der Waals surface area (Å²) in [6.07, 6.45) is 2.10. The largest absolute Gasteiger partial charge is 0.298 e. The fraction of sp³-hybridized carbons (Fsp3) is 0.150. The second-order valence-corrected chi connectivity index (χ2v) is 8.05. The predicted molar refractivity (Wildman–Crippen MR) is 98.3 cm³/mol. The highest BCUT2D eigenvalue weighted by molar-refractivity contribution is 7.90. The lowest BCUT2D eigenvalue weighted by Gasteiger charge is -2.13. The van der Waals surface area contributed by atoms with Crippen LogP contribution >= 0.6 is 0 Å². The minimum atomic E-state index is -3.86. The van der Waals surface area contributed by atoms with Crippen molar-refractivity contribution in [2.75, 3.05) is 0 Å². The third-order valence-electron chi connectivity index (χ3n) is 4.17. The van der Waals surface area contributed by atoms with Crippen LogP contribution in [0.3, 0.4) is 0 Å². The van der Waals surface area contributed by atoms with Crippen LogP contribution in [0.15, 0.2) is 65.7 Å². The highest BCUT2D eigenvalue weighted by atomic mass is 32.2. The zero-order valence-corrected chi connectivity index (χ0v) is 15.2. The molecule has 134 valence electrons. The van der Waals surface area contributed by atoms with Gasteiger partial charge in [0.05, 0.1) is 4.90 Å². The molecular weight excluding hydrogens is 353 g/mol. The fourth-order valence-electron chi connectivity index (χ4n) is 2.97. The number of carbonyl (C=O) groups is 1. The summed E-state index contributed by atoms with van der Waals surface area (Å²) < 4.78 is 40.6. The highest BCUT2D eigenvalue weighted by Crippen LogP contribution is 2.33. The summed E-state index contributed by atoms with van der Waals surface area (Å²) in [7, 11) is -3.86. The lowest BCUT2D eigenvalue weighted by Crippen LogP contribution is -2.16. The van der Waals surface area contributed by atoms with Gasteiger partial charge in [-0.15, -0.1) is 0 Å². The van der Waals surface area contributed by atoms with Gasteiger partial charge < -0.3 is 0 Å². The van der Waals surface area contributed by atoms with Crippen molar-refractivity contribution in [2.24, 2.45) is 0 Å². The normalized spacial score (nSPS) is 11.7. The van der Waals surface area contributed by atoms with Gasteiger partial charge in [-0.2, -0.15) is 0 Å². The fourth-order valence-corrected chi connectivity index (χ4v) is 4.51. The number of aromatic nitrogens is 1. The highest BCUT2D eigenvalue weighted by Gasteiger charge is 2.27. The minimum absolute atomic E-state index is 0.139. The van der Waals surface area contributed by atoms with E-state index in [9.17, 15) is 17.6 Å². The van der Waals surface area contributed by atoms with Gasteiger partial charge in [0, 0.05) is 23.0 Å². The van der Waals surface area contributed by atoms with E-state index < -0.39 is 15.8 Å². The van der Waals surface area contributed by atoms with E-state index in [0.29, 0.717) is 28.7 Å². The Bertz CT molecular complexity index is 1040. The van der Waals surface area contributed by atoms with Crippen molar-refractivity contribution >= 4 is 16.3 Å². The van der Waals surface area contributed by atoms with Crippen LogP contribution in [0.2, 0.25) is 0 Å². The molecule has 4 nitrogen and oxygen atoms in total. The zero-order valence-electron chi connectivity index (χ0n) is 14.4. The number of benzene rings is 2. The van der Waals surface area contributed by atoms with Crippen LogP contribution in [0.5, 0.6) is 0 Å². The van der Waals surface area contributed by atoms with E-state index in [-0.39, 0.29) is 10.8 Å². The molecule has 0 atom stereocenters. The van der Waals surface area contributed by atoms with Crippen LogP contribution in [0.1, 0.15) is 35.8 Å². The van der Waals surface area contributed by atoms with Crippen LogP contribution < -0.4 is 0 Å². The summed E-state index contributed by atoms with van der Waals surface area (Å²) in [6, 6.07) is 13.7. The van der Waals surface area contributed by atoms with E-state index in [1.807, 2.05) is 13.8 Å². The van der Waals surface area contributed by atoms with Crippen molar-refractivity contribution in [3.05, 3.63) is 77.9 Å². The summed E-state index contributed by atoms with van der Waals surface area (Å²) in [5, 5.41) is 0. The molecule has 3 aromatic rings. The molecule has 26 heavy (non-hydrogen) atoms. The van der Waals surface area contributed by atoms with Gasteiger partial charge in [0.25, 0.3) is 10.0 Å². The van der Waals surface area contributed by atoms with E-state index in [0.717, 1.165) is 3.97 Å². The quantitative estimate of drug-likeness (QED) is 0.622. The Balaban J connectivity index is 2.30. The number of nitrogens with zero attached hydrogens (tertiary/aromatic N) is 1. The smallest absolute Gasteiger partial charge is 0.267 e. The maximum Gasteiger partial charge on any atom is 0.267 e. The van der Waals surface area contributed by atoms with Crippen molar-refractivity contribution in [3.63, 3.8) is 0 Å². The lowest BCUT2D eigenvalue weighted by atomic mass is 10.00. The number of rotatable bonds is 5. The number of aldehydes is 1. The van der Waals surface area contributed by atoms with Gasteiger partial charge in [-0.3, -0.25) is 4.79 Å². The average Bonchev–Trinajstić information content (AvgIpc) is 3.03. The number of halogens is 1. The maximum atomic E-state index is 13.2. The molecular formula is C20H18FNO3S. The molecule has 6 heteroatoms. The second-order valence-electron chi connectivity index (χ2n) is 6.24. The van der Waals surface area contributed by atoms with Crippen LogP contribution in [0, 0.1) is 5.82 Å². The molecule has 0 aliphatic rings. The molecule has 0 aliphatic carbocycles. The van der Waals surface area contributed by atoms with Crippen LogP contribution in [0.4, 0.5) is 4.39 Å². The van der Waals surface area contributed by atoms with Gasteiger partial charge in [-0.05, 0) is 35.7 Å². The predicted octanol–water partition coefficient (Wildman–Crippen LogP) is 4.47. The SMILES string of the molecule is CC(C)c1c(C=O)c(-c2ccc(F)cc2)cn1S(=O)(=O)c1ccccc1. The van der Waals surface area contributed by atoms with Gasteiger partial charge in [0.1, 0.15) is 5.82 Å². The zero-order chi connectivity index (χ0) is 18.9. The van der Waals surface area contributed by atoms with E-state index in [1.165, 1.54) is 42.6 Å².